The molecule has 0 aliphatic carbocycles. The molecule has 2 saturated heterocycles. The number of hydrogen-bond donors (Lipinski definition) is 1. The molecule has 3 rings (SSSR count). The maximum Gasteiger partial charge on any atom is 0.225 e. The summed E-state index contributed by atoms with van der Waals surface area (Å²) in [4.78, 5) is 16.8. The largest absolute Gasteiger partial charge is 0.396 e. The van der Waals surface area contributed by atoms with Crippen LogP contribution in [0.2, 0.25) is 0 Å². The van der Waals surface area contributed by atoms with Gasteiger partial charge in [0.15, 0.2) is 0 Å². The van der Waals surface area contributed by atoms with Gasteiger partial charge in [0, 0.05) is 38.7 Å². The zero-order valence-electron chi connectivity index (χ0n) is 17.0. The molecule has 0 saturated carbocycles. The number of aliphatic hydroxyl groups excluding tert-OH is 1. The van der Waals surface area contributed by atoms with Crippen molar-refractivity contribution >= 4 is 5.91 Å². The molecule has 2 fully saturated rings. The number of nitrogens with zero attached hydrogens (tertiary/aromatic N) is 2. The molecule has 27 heavy (non-hydrogen) atoms. The predicted octanol–water partition coefficient (Wildman–Crippen LogP) is 3.05. The first kappa shape index (κ1) is 20.3. The maximum atomic E-state index is 12.2. The van der Waals surface area contributed by atoms with Crippen LogP contribution in [0.4, 0.5) is 0 Å². The number of hydrogen-bond acceptors (Lipinski definition) is 3. The van der Waals surface area contributed by atoms with E-state index in [1.54, 1.807) is 0 Å². The number of piperidine rings is 1. The lowest BCUT2D eigenvalue weighted by Gasteiger charge is -2.37. The van der Waals surface area contributed by atoms with Crippen LogP contribution in [0.25, 0.3) is 0 Å². The van der Waals surface area contributed by atoms with E-state index < -0.39 is 0 Å². The van der Waals surface area contributed by atoms with Crippen LogP contribution in [0, 0.1) is 23.7 Å². The molecule has 0 unspecified atom stereocenters. The molecular formula is C23H36N2O2. The van der Waals surface area contributed by atoms with Crippen molar-refractivity contribution in [2.75, 3.05) is 39.3 Å². The van der Waals surface area contributed by atoms with E-state index in [2.05, 4.69) is 35.2 Å². The van der Waals surface area contributed by atoms with Crippen molar-refractivity contribution in [3.63, 3.8) is 0 Å². The average molecular weight is 373 g/mol. The van der Waals surface area contributed by atoms with Gasteiger partial charge in [-0.3, -0.25) is 4.79 Å². The molecule has 150 valence electrons. The summed E-state index contributed by atoms with van der Waals surface area (Å²) in [7, 11) is 0. The van der Waals surface area contributed by atoms with Gasteiger partial charge in [0.25, 0.3) is 0 Å². The first-order valence-corrected chi connectivity index (χ1v) is 10.7. The molecular weight excluding hydrogens is 336 g/mol. The summed E-state index contributed by atoms with van der Waals surface area (Å²) in [5, 5.41) is 9.91. The van der Waals surface area contributed by atoms with Gasteiger partial charge in [0.1, 0.15) is 0 Å². The second-order valence-corrected chi connectivity index (χ2v) is 8.77. The highest BCUT2D eigenvalue weighted by atomic mass is 16.3. The lowest BCUT2D eigenvalue weighted by atomic mass is 9.78. The molecule has 1 amide bonds. The highest BCUT2D eigenvalue weighted by Gasteiger charge is 2.38. The molecule has 0 spiro atoms. The summed E-state index contributed by atoms with van der Waals surface area (Å²) in [6.07, 6.45) is 4.49. The van der Waals surface area contributed by atoms with Gasteiger partial charge in [-0.05, 0) is 55.5 Å². The van der Waals surface area contributed by atoms with E-state index in [1.807, 2.05) is 18.7 Å². The molecule has 2 heterocycles. The van der Waals surface area contributed by atoms with Gasteiger partial charge in [0.2, 0.25) is 5.91 Å². The third-order valence-corrected chi connectivity index (χ3v) is 6.54. The second kappa shape index (κ2) is 9.70. The molecule has 4 nitrogen and oxygen atoms in total. The minimum Gasteiger partial charge on any atom is -0.396 e. The number of rotatable bonds is 7. The van der Waals surface area contributed by atoms with Crippen molar-refractivity contribution in [2.24, 2.45) is 23.7 Å². The van der Waals surface area contributed by atoms with Gasteiger partial charge < -0.3 is 14.9 Å². The average Bonchev–Trinajstić information content (AvgIpc) is 3.11. The molecule has 1 aromatic carbocycles. The summed E-state index contributed by atoms with van der Waals surface area (Å²) in [6, 6.07) is 10.7. The molecule has 4 heteroatoms. The first-order chi connectivity index (χ1) is 13.1. The van der Waals surface area contributed by atoms with Gasteiger partial charge in [-0.1, -0.05) is 44.2 Å². The third-order valence-electron chi connectivity index (χ3n) is 6.54. The fourth-order valence-electron chi connectivity index (χ4n) is 4.96. The number of amides is 1. The van der Waals surface area contributed by atoms with Crippen LogP contribution in [0.5, 0.6) is 0 Å². The van der Waals surface area contributed by atoms with Crippen LogP contribution in [0.1, 0.15) is 38.7 Å². The van der Waals surface area contributed by atoms with Gasteiger partial charge >= 0.3 is 0 Å². The Morgan fingerprint density at radius 1 is 1.15 bits per heavy atom. The summed E-state index contributed by atoms with van der Waals surface area (Å²) < 4.78 is 0. The van der Waals surface area contributed by atoms with Crippen molar-refractivity contribution in [3.8, 4) is 0 Å². The van der Waals surface area contributed by atoms with E-state index >= 15 is 0 Å². The quantitative estimate of drug-likeness (QED) is 0.800. The summed E-state index contributed by atoms with van der Waals surface area (Å²) >= 11 is 0. The highest BCUT2D eigenvalue weighted by molar-refractivity contribution is 5.78. The lowest BCUT2D eigenvalue weighted by molar-refractivity contribution is -0.136. The molecule has 2 aliphatic heterocycles. The number of aryl methyl sites for hydroxylation is 1. The van der Waals surface area contributed by atoms with Crippen molar-refractivity contribution in [1.82, 2.24) is 9.80 Å². The van der Waals surface area contributed by atoms with Gasteiger partial charge in [-0.2, -0.15) is 0 Å². The normalized spacial score (nSPS) is 24.7. The van der Waals surface area contributed by atoms with Gasteiger partial charge in [0.05, 0.1) is 0 Å². The van der Waals surface area contributed by atoms with Crippen molar-refractivity contribution in [1.29, 1.82) is 0 Å². The monoisotopic (exact) mass is 372 g/mol. The SMILES string of the molecule is CC(C)C(=O)N1CCC([C@@H]2CN(CCCc3ccccc3)C[C@H]2CO)CC1. The third kappa shape index (κ3) is 5.32. The van der Waals surface area contributed by atoms with Gasteiger partial charge in [-0.25, -0.2) is 0 Å². The van der Waals surface area contributed by atoms with E-state index in [9.17, 15) is 9.90 Å². The van der Waals surface area contributed by atoms with E-state index in [0.29, 0.717) is 30.3 Å². The van der Waals surface area contributed by atoms with Crippen LogP contribution in [-0.4, -0.2) is 60.1 Å². The van der Waals surface area contributed by atoms with E-state index in [-0.39, 0.29) is 5.92 Å². The Labute approximate surface area is 164 Å². The van der Waals surface area contributed by atoms with Crippen LogP contribution < -0.4 is 0 Å². The number of likely N-dealkylation sites (tertiary alicyclic amines) is 2. The van der Waals surface area contributed by atoms with Crippen molar-refractivity contribution in [3.05, 3.63) is 35.9 Å². The number of benzene rings is 1. The minimum atomic E-state index is 0.0957. The highest BCUT2D eigenvalue weighted by Crippen LogP contribution is 2.35. The number of aliphatic hydroxyl groups is 1. The summed E-state index contributed by atoms with van der Waals surface area (Å²) in [5.74, 6) is 2.03. The molecule has 0 radical (unpaired) electrons. The zero-order valence-corrected chi connectivity index (χ0v) is 17.0. The fraction of sp³-hybridized carbons (Fsp3) is 0.696. The molecule has 2 atom stereocenters. The van der Waals surface area contributed by atoms with Crippen LogP contribution in [0.3, 0.4) is 0 Å². The lowest BCUT2D eigenvalue weighted by Crippen LogP contribution is -2.43. The Balaban J connectivity index is 1.46. The fourth-order valence-corrected chi connectivity index (χ4v) is 4.96. The summed E-state index contributed by atoms with van der Waals surface area (Å²) in [6.45, 7) is 9.32. The van der Waals surface area contributed by atoms with Gasteiger partial charge in [-0.15, -0.1) is 0 Å². The van der Waals surface area contributed by atoms with Crippen LogP contribution >= 0.6 is 0 Å². The Hall–Kier alpha value is -1.39. The van der Waals surface area contributed by atoms with E-state index in [0.717, 1.165) is 52.0 Å². The second-order valence-electron chi connectivity index (χ2n) is 8.77. The van der Waals surface area contributed by atoms with Crippen LogP contribution in [0.15, 0.2) is 30.3 Å². The van der Waals surface area contributed by atoms with E-state index in [4.69, 9.17) is 0 Å². The topological polar surface area (TPSA) is 43.8 Å². The maximum absolute atomic E-state index is 12.2. The van der Waals surface area contributed by atoms with Crippen LogP contribution in [-0.2, 0) is 11.2 Å². The number of carbonyl (C=O) groups excluding carboxylic acids is 1. The molecule has 1 N–H and O–H groups in total. The Bertz CT molecular complexity index is 581. The number of carbonyl (C=O) groups is 1. The van der Waals surface area contributed by atoms with E-state index in [1.165, 1.54) is 12.0 Å². The molecule has 2 aliphatic rings. The Morgan fingerprint density at radius 2 is 1.85 bits per heavy atom. The first-order valence-electron chi connectivity index (χ1n) is 10.7. The standard InChI is InChI=1S/C23H36N2O2/c1-18(2)23(27)25-13-10-20(11-14-25)22-16-24(15-21(22)17-26)12-6-9-19-7-4-3-5-8-19/h3-5,7-8,18,20-22,26H,6,9-17H2,1-2H3/t21-,22-/m0/s1. The predicted molar refractivity (Wildman–Crippen MR) is 109 cm³/mol. The molecule has 1 aromatic rings. The van der Waals surface area contributed by atoms with Crippen molar-refractivity contribution in [2.45, 2.75) is 39.5 Å². The smallest absolute Gasteiger partial charge is 0.225 e. The molecule has 0 bridgehead atoms. The minimum absolute atomic E-state index is 0.0957. The zero-order chi connectivity index (χ0) is 19.2. The Kier molecular flexibility index (Phi) is 7.31. The molecule has 0 aromatic heterocycles. The Morgan fingerprint density at radius 3 is 2.48 bits per heavy atom. The van der Waals surface area contributed by atoms with Crippen molar-refractivity contribution < 1.29 is 9.90 Å². The summed E-state index contributed by atoms with van der Waals surface area (Å²) in [5.41, 5.74) is 1.41.